The molecule has 17 heavy (non-hydrogen) atoms. The molecule has 5 heteroatoms. The van der Waals surface area contributed by atoms with Gasteiger partial charge >= 0.3 is 0 Å². The van der Waals surface area contributed by atoms with Crippen molar-refractivity contribution in [3.05, 3.63) is 47.8 Å². The van der Waals surface area contributed by atoms with Gasteiger partial charge in [0.2, 0.25) is 0 Å². The third-order valence-electron chi connectivity index (χ3n) is 2.31. The summed E-state index contributed by atoms with van der Waals surface area (Å²) in [6, 6.07) is 9.24. The molecule has 5 nitrogen and oxygen atoms in total. The molecule has 2 rings (SSSR count). The SMILES string of the molecule is CCOc1cnnnc1C(O)c1ccccc1. The van der Waals surface area contributed by atoms with E-state index >= 15 is 0 Å². The largest absolute Gasteiger partial charge is 0.490 e. The van der Waals surface area contributed by atoms with Gasteiger partial charge in [0.25, 0.3) is 0 Å². The average Bonchev–Trinajstić information content (AvgIpc) is 2.40. The summed E-state index contributed by atoms with van der Waals surface area (Å²) in [5.41, 5.74) is 1.13. The number of benzene rings is 1. The maximum Gasteiger partial charge on any atom is 0.165 e. The topological polar surface area (TPSA) is 68.1 Å². The van der Waals surface area contributed by atoms with Crippen LogP contribution in [0.15, 0.2) is 36.5 Å². The van der Waals surface area contributed by atoms with Gasteiger partial charge in [0.15, 0.2) is 5.75 Å². The quantitative estimate of drug-likeness (QED) is 0.860. The minimum absolute atomic E-state index is 0.382. The van der Waals surface area contributed by atoms with E-state index < -0.39 is 6.10 Å². The average molecular weight is 231 g/mol. The van der Waals surface area contributed by atoms with Gasteiger partial charge in [-0.1, -0.05) is 30.3 Å². The lowest BCUT2D eigenvalue weighted by Gasteiger charge is -2.13. The van der Waals surface area contributed by atoms with Crippen LogP contribution in [0.5, 0.6) is 5.75 Å². The first kappa shape index (κ1) is 11.5. The number of nitrogens with zero attached hydrogens (tertiary/aromatic N) is 3. The fraction of sp³-hybridized carbons (Fsp3) is 0.250. The Hall–Kier alpha value is -2.01. The Morgan fingerprint density at radius 3 is 2.76 bits per heavy atom. The second-order valence-electron chi connectivity index (χ2n) is 3.43. The smallest absolute Gasteiger partial charge is 0.165 e. The molecular weight excluding hydrogens is 218 g/mol. The predicted molar refractivity (Wildman–Crippen MR) is 61.5 cm³/mol. The molecular formula is C12H13N3O2. The van der Waals surface area contributed by atoms with Gasteiger partial charge in [-0.05, 0) is 17.7 Å². The van der Waals surface area contributed by atoms with E-state index in [1.807, 2.05) is 37.3 Å². The van der Waals surface area contributed by atoms with Crippen molar-refractivity contribution in [3.63, 3.8) is 0 Å². The van der Waals surface area contributed by atoms with E-state index in [-0.39, 0.29) is 0 Å². The van der Waals surface area contributed by atoms with Gasteiger partial charge < -0.3 is 9.84 Å². The molecule has 0 amide bonds. The molecule has 0 spiro atoms. The van der Waals surface area contributed by atoms with Gasteiger partial charge in [0.1, 0.15) is 11.8 Å². The molecule has 1 unspecified atom stereocenters. The van der Waals surface area contributed by atoms with Crippen molar-refractivity contribution in [2.45, 2.75) is 13.0 Å². The third-order valence-corrected chi connectivity index (χ3v) is 2.31. The summed E-state index contributed by atoms with van der Waals surface area (Å²) in [5.74, 6) is 0.457. The van der Waals surface area contributed by atoms with Crippen LogP contribution in [-0.4, -0.2) is 27.1 Å². The molecule has 1 aromatic heterocycles. The molecule has 0 aliphatic heterocycles. The molecule has 2 aromatic rings. The molecule has 1 atom stereocenters. The molecule has 0 fully saturated rings. The summed E-state index contributed by atoms with van der Waals surface area (Å²) in [5, 5.41) is 21.2. The van der Waals surface area contributed by atoms with Crippen molar-refractivity contribution < 1.29 is 9.84 Å². The number of hydrogen-bond donors (Lipinski definition) is 1. The highest BCUT2D eigenvalue weighted by atomic mass is 16.5. The van der Waals surface area contributed by atoms with Gasteiger partial charge in [-0.2, -0.15) is 0 Å². The maximum absolute atomic E-state index is 10.2. The first-order valence-electron chi connectivity index (χ1n) is 5.37. The minimum atomic E-state index is -0.853. The van der Waals surface area contributed by atoms with Crippen LogP contribution in [-0.2, 0) is 0 Å². The van der Waals surface area contributed by atoms with Gasteiger partial charge in [-0.25, -0.2) is 0 Å². The van der Waals surface area contributed by atoms with Crippen molar-refractivity contribution in [2.24, 2.45) is 0 Å². The fourth-order valence-corrected chi connectivity index (χ4v) is 1.52. The van der Waals surface area contributed by atoms with Crippen LogP contribution in [0.3, 0.4) is 0 Å². The Morgan fingerprint density at radius 1 is 1.29 bits per heavy atom. The van der Waals surface area contributed by atoms with Crippen LogP contribution in [0.1, 0.15) is 24.3 Å². The Balaban J connectivity index is 2.33. The zero-order valence-electron chi connectivity index (χ0n) is 9.45. The van der Waals surface area contributed by atoms with Crippen molar-refractivity contribution >= 4 is 0 Å². The standard InChI is InChI=1S/C12H13N3O2/c1-2-17-10-8-13-15-14-11(10)12(16)9-6-4-3-5-7-9/h3-8,12,16H,2H2,1H3. The Morgan fingerprint density at radius 2 is 2.06 bits per heavy atom. The van der Waals surface area contributed by atoms with E-state index in [0.717, 1.165) is 5.56 Å². The number of aliphatic hydroxyl groups is 1. The molecule has 0 aliphatic carbocycles. The Kier molecular flexibility index (Phi) is 3.62. The monoisotopic (exact) mass is 231 g/mol. The minimum Gasteiger partial charge on any atom is -0.490 e. The molecule has 1 heterocycles. The van der Waals surface area contributed by atoms with Crippen molar-refractivity contribution in [2.75, 3.05) is 6.61 Å². The normalized spacial score (nSPS) is 12.1. The zero-order chi connectivity index (χ0) is 12.1. The summed E-state index contributed by atoms with van der Waals surface area (Å²) in [6.07, 6.45) is 0.603. The van der Waals surface area contributed by atoms with Crippen LogP contribution in [0, 0.1) is 0 Å². The highest BCUT2D eigenvalue weighted by Crippen LogP contribution is 2.26. The van der Waals surface area contributed by atoms with E-state index in [0.29, 0.717) is 18.1 Å². The van der Waals surface area contributed by atoms with Crippen LogP contribution < -0.4 is 4.74 Å². The lowest BCUT2D eigenvalue weighted by Crippen LogP contribution is -2.08. The number of hydrogen-bond acceptors (Lipinski definition) is 5. The molecule has 0 saturated carbocycles. The van der Waals surface area contributed by atoms with Crippen molar-refractivity contribution in [1.29, 1.82) is 0 Å². The van der Waals surface area contributed by atoms with Gasteiger partial charge in [-0.3, -0.25) is 0 Å². The summed E-state index contributed by atoms with van der Waals surface area (Å²) in [6.45, 7) is 2.35. The zero-order valence-corrected chi connectivity index (χ0v) is 9.45. The Bertz CT molecular complexity index is 476. The molecule has 1 aromatic carbocycles. The van der Waals surface area contributed by atoms with E-state index in [2.05, 4.69) is 15.4 Å². The first-order valence-corrected chi connectivity index (χ1v) is 5.37. The number of ether oxygens (including phenoxy) is 1. The summed E-state index contributed by atoms with van der Waals surface area (Å²) in [4.78, 5) is 0. The second-order valence-corrected chi connectivity index (χ2v) is 3.43. The van der Waals surface area contributed by atoms with Crippen LogP contribution in [0.2, 0.25) is 0 Å². The van der Waals surface area contributed by atoms with Gasteiger partial charge in [0, 0.05) is 0 Å². The summed E-state index contributed by atoms with van der Waals surface area (Å²) < 4.78 is 5.35. The Labute approximate surface area is 99.1 Å². The summed E-state index contributed by atoms with van der Waals surface area (Å²) >= 11 is 0. The van der Waals surface area contributed by atoms with Gasteiger partial charge in [-0.15, -0.1) is 10.2 Å². The van der Waals surface area contributed by atoms with E-state index in [9.17, 15) is 5.11 Å². The molecule has 0 radical (unpaired) electrons. The molecule has 0 bridgehead atoms. The molecule has 0 saturated heterocycles. The van der Waals surface area contributed by atoms with E-state index in [1.54, 1.807) is 0 Å². The van der Waals surface area contributed by atoms with Crippen LogP contribution in [0.4, 0.5) is 0 Å². The predicted octanol–water partition coefficient (Wildman–Crippen LogP) is 1.35. The van der Waals surface area contributed by atoms with Crippen LogP contribution >= 0.6 is 0 Å². The maximum atomic E-state index is 10.2. The lowest BCUT2D eigenvalue weighted by atomic mass is 10.1. The molecule has 0 aliphatic rings. The summed E-state index contributed by atoms with van der Waals surface area (Å²) in [7, 11) is 0. The lowest BCUT2D eigenvalue weighted by molar-refractivity contribution is 0.203. The number of aliphatic hydroxyl groups excluding tert-OH is 1. The van der Waals surface area contributed by atoms with E-state index in [4.69, 9.17) is 4.74 Å². The van der Waals surface area contributed by atoms with E-state index in [1.165, 1.54) is 6.20 Å². The van der Waals surface area contributed by atoms with Gasteiger partial charge in [0.05, 0.1) is 12.8 Å². The number of aromatic nitrogens is 3. The highest BCUT2D eigenvalue weighted by Gasteiger charge is 2.17. The second kappa shape index (κ2) is 5.36. The molecule has 88 valence electrons. The third kappa shape index (κ3) is 2.57. The van der Waals surface area contributed by atoms with Crippen molar-refractivity contribution in [1.82, 2.24) is 15.4 Å². The number of rotatable bonds is 4. The van der Waals surface area contributed by atoms with Crippen molar-refractivity contribution in [3.8, 4) is 5.75 Å². The van der Waals surface area contributed by atoms with Crippen LogP contribution in [0.25, 0.3) is 0 Å². The molecule has 1 N–H and O–H groups in total. The highest BCUT2D eigenvalue weighted by molar-refractivity contribution is 5.32. The fourth-order valence-electron chi connectivity index (χ4n) is 1.52. The first-order chi connectivity index (χ1) is 8.33.